The summed E-state index contributed by atoms with van der Waals surface area (Å²) in [5, 5.41) is 3.47. The molecule has 1 amide bonds. The van der Waals surface area contributed by atoms with E-state index in [4.69, 9.17) is 11.6 Å². The summed E-state index contributed by atoms with van der Waals surface area (Å²) in [5.41, 5.74) is 1.04. The van der Waals surface area contributed by atoms with Gasteiger partial charge in [0.15, 0.2) is 0 Å². The predicted octanol–water partition coefficient (Wildman–Crippen LogP) is 3.72. The van der Waals surface area contributed by atoms with Crippen LogP contribution < -0.4 is 5.32 Å². The second-order valence-corrected chi connectivity index (χ2v) is 5.17. The third-order valence-electron chi connectivity index (χ3n) is 2.30. The fourth-order valence-corrected chi connectivity index (χ4v) is 1.56. The average Bonchev–Trinajstić information content (AvgIpc) is 2.16. The molecule has 4 heteroatoms. The smallest absolute Gasteiger partial charge is 0.287 e. The molecule has 0 fully saturated rings. The fraction of sp³-hybridized carbons (Fsp3) is 0.364. The lowest BCUT2D eigenvalue weighted by Gasteiger charge is -2.25. The number of rotatable bonds is 3. The zero-order valence-electron chi connectivity index (χ0n) is 8.68. The minimum atomic E-state index is -0.190. The molecule has 0 atom stereocenters. The first-order chi connectivity index (χ1) is 6.92. The molecule has 82 valence electrons. The van der Waals surface area contributed by atoms with Gasteiger partial charge >= 0.3 is 0 Å². The molecule has 0 aliphatic carbocycles. The molecule has 1 rings (SSSR count). The van der Waals surface area contributed by atoms with Crippen LogP contribution in [0.3, 0.4) is 0 Å². The third-order valence-corrected chi connectivity index (χ3v) is 2.83. The number of halogens is 2. The van der Waals surface area contributed by atoms with Crippen LogP contribution in [0.1, 0.15) is 19.4 Å². The van der Waals surface area contributed by atoms with Crippen molar-refractivity contribution < 1.29 is 4.79 Å². The van der Waals surface area contributed by atoms with Crippen LogP contribution in [0.2, 0.25) is 5.02 Å². The number of carbonyl (C=O) groups excluding carboxylic acids is 1. The van der Waals surface area contributed by atoms with Crippen LogP contribution in [0.4, 0.5) is 4.79 Å². The summed E-state index contributed by atoms with van der Waals surface area (Å²) in [7, 11) is 0. The van der Waals surface area contributed by atoms with E-state index < -0.39 is 0 Å². The Labute approximate surface area is 103 Å². The van der Waals surface area contributed by atoms with E-state index in [0.29, 0.717) is 6.54 Å². The molecule has 0 bridgehead atoms. The Balaban J connectivity index is 2.76. The van der Waals surface area contributed by atoms with Gasteiger partial charge in [-0.1, -0.05) is 37.6 Å². The lowest BCUT2D eigenvalue weighted by atomic mass is 9.85. The van der Waals surface area contributed by atoms with Crippen molar-refractivity contribution in [2.24, 2.45) is 0 Å². The molecule has 1 aromatic carbocycles. The van der Waals surface area contributed by atoms with Gasteiger partial charge in [0.25, 0.3) is 4.82 Å². The van der Waals surface area contributed by atoms with Crippen LogP contribution in [0.25, 0.3) is 0 Å². The van der Waals surface area contributed by atoms with Crippen molar-refractivity contribution in [1.82, 2.24) is 5.32 Å². The third kappa shape index (κ3) is 3.84. The Bertz CT molecular complexity index is 348. The Morgan fingerprint density at radius 2 is 1.93 bits per heavy atom. The molecule has 0 aromatic heterocycles. The van der Waals surface area contributed by atoms with Crippen LogP contribution in [-0.2, 0) is 5.41 Å². The highest BCUT2D eigenvalue weighted by Gasteiger charge is 2.20. The van der Waals surface area contributed by atoms with Crippen molar-refractivity contribution >= 4 is 32.3 Å². The quantitative estimate of drug-likeness (QED) is 0.667. The van der Waals surface area contributed by atoms with E-state index >= 15 is 0 Å². The Kier molecular flexibility index (Phi) is 4.17. The van der Waals surface area contributed by atoms with Gasteiger partial charge < -0.3 is 5.32 Å². The highest BCUT2D eigenvalue weighted by molar-refractivity contribution is 9.18. The van der Waals surface area contributed by atoms with Crippen molar-refractivity contribution in [2.45, 2.75) is 19.3 Å². The van der Waals surface area contributed by atoms with E-state index in [-0.39, 0.29) is 10.2 Å². The molecule has 1 aromatic rings. The largest absolute Gasteiger partial charge is 0.346 e. The molecule has 15 heavy (non-hydrogen) atoms. The van der Waals surface area contributed by atoms with Crippen molar-refractivity contribution in [3.63, 3.8) is 0 Å². The number of amides is 1. The minimum absolute atomic E-state index is 0.103. The first-order valence-electron chi connectivity index (χ1n) is 4.61. The Morgan fingerprint density at radius 1 is 1.40 bits per heavy atom. The lowest BCUT2D eigenvalue weighted by molar-refractivity contribution is 0.259. The molecular formula is C11H13BrClNO. The standard InChI is InChI=1S/C11H13BrClNO/c1-11(2,7-14-10(12)15)8-3-5-9(13)6-4-8/h3-6H,7H2,1-2H3,(H,14,15). The van der Waals surface area contributed by atoms with Crippen molar-refractivity contribution in [2.75, 3.05) is 6.54 Å². The van der Waals surface area contributed by atoms with E-state index in [0.717, 1.165) is 10.6 Å². The van der Waals surface area contributed by atoms with Crippen LogP contribution in [0, 0.1) is 0 Å². The van der Waals surface area contributed by atoms with Gasteiger partial charge in [-0.2, -0.15) is 0 Å². The molecular weight excluding hydrogens is 277 g/mol. The maximum Gasteiger partial charge on any atom is 0.287 e. The van der Waals surface area contributed by atoms with Crippen molar-refractivity contribution in [3.05, 3.63) is 34.9 Å². The lowest BCUT2D eigenvalue weighted by Crippen LogP contribution is -2.33. The Hall–Kier alpha value is -0.540. The highest BCUT2D eigenvalue weighted by atomic mass is 79.9. The second-order valence-electron chi connectivity index (χ2n) is 4.02. The monoisotopic (exact) mass is 289 g/mol. The number of hydrogen-bond acceptors (Lipinski definition) is 1. The average molecular weight is 291 g/mol. The van der Waals surface area contributed by atoms with Gasteiger partial charge in [-0.15, -0.1) is 0 Å². The molecule has 0 radical (unpaired) electrons. The maximum atomic E-state index is 10.8. The number of benzene rings is 1. The van der Waals surface area contributed by atoms with Gasteiger partial charge in [-0.25, -0.2) is 0 Å². The van der Waals surface area contributed by atoms with Crippen molar-refractivity contribution in [1.29, 1.82) is 0 Å². The molecule has 0 unspecified atom stereocenters. The second kappa shape index (κ2) is 4.99. The van der Waals surface area contributed by atoms with Gasteiger partial charge in [0, 0.05) is 32.9 Å². The topological polar surface area (TPSA) is 29.1 Å². The summed E-state index contributed by atoms with van der Waals surface area (Å²) in [6, 6.07) is 7.66. The zero-order chi connectivity index (χ0) is 11.5. The summed E-state index contributed by atoms with van der Waals surface area (Å²) in [6.45, 7) is 4.72. The van der Waals surface area contributed by atoms with Crippen LogP contribution in [-0.4, -0.2) is 11.4 Å². The summed E-state index contributed by atoms with van der Waals surface area (Å²) in [5.74, 6) is 0. The van der Waals surface area contributed by atoms with Gasteiger partial charge in [0.1, 0.15) is 0 Å². The van der Waals surface area contributed by atoms with E-state index in [9.17, 15) is 4.79 Å². The van der Waals surface area contributed by atoms with E-state index in [1.807, 2.05) is 24.3 Å². The molecule has 0 saturated heterocycles. The normalized spacial score (nSPS) is 11.2. The van der Waals surface area contributed by atoms with Crippen LogP contribution >= 0.6 is 27.5 Å². The fourth-order valence-electron chi connectivity index (χ4n) is 1.29. The number of carbonyl (C=O) groups is 1. The molecule has 0 heterocycles. The van der Waals surface area contributed by atoms with Crippen molar-refractivity contribution in [3.8, 4) is 0 Å². The first-order valence-corrected chi connectivity index (χ1v) is 5.78. The van der Waals surface area contributed by atoms with E-state index in [1.165, 1.54) is 0 Å². The SMILES string of the molecule is CC(C)(CNC(=O)Br)c1ccc(Cl)cc1. The number of hydrogen-bond donors (Lipinski definition) is 1. The number of nitrogens with one attached hydrogen (secondary N) is 1. The minimum Gasteiger partial charge on any atom is -0.346 e. The van der Waals surface area contributed by atoms with Gasteiger partial charge in [0.05, 0.1) is 0 Å². The van der Waals surface area contributed by atoms with Gasteiger partial charge in [-0.3, -0.25) is 4.79 Å². The van der Waals surface area contributed by atoms with Crippen LogP contribution in [0.15, 0.2) is 24.3 Å². The summed E-state index contributed by atoms with van der Waals surface area (Å²) < 4.78 is 0. The highest BCUT2D eigenvalue weighted by Crippen LogP contribution is 2.23. The van der Waals surface area contributed by atoms with E-state index in [1.54, 1.807) is 0 Å². The van der Waals surface area contributed by atoms with E-state index in [2.05, 4.69) is 35.1 Å². The molecule has 0 saturated carbocycles. The van der Waals surface area contributed by atoms with Crippen LogP contribution in [0.5, 0.6) is 0 Å². The molecule has 1 N–H and O–H groups in total. The Morgan fingerprint density at radius 3 is 2.40 bits per heavy atom. The summed E-state index contributed by atoms with van der Waals surface area (Å²) >= 11 is 8.65. The van der Waals surface area contributed by atoms with Gasteiger partial charge in [0.2, 0.25) is 0 Å². The molecule has 0 aliphatic rings. The molecule has 2 nitrogen and oxygen atoms in total. The van der Waals surface area contributed by atoms with Gasteiger partial charge in [-0.05, 0) is 17.7 Å². The summed E-state index contributed by atoms with van der Waals surface area (Å²) in [4.78, 5) is 10.6. The molecule has 0 spiro atoms. The summed E-state index contributed by atoms with van der Waals surface area (Å²) in [6.07, 6.45) is 0. The zero-order valence-corrected chi connectivity index (χ0v) is 11.0. The molecule has 0 aliphatic heterocycles. The predicted molar refractivity (Wildman–Crippen MR) is 66.8 cm³/mol. The maximum absolute atomic E-state index is 10.8. The first kappa shape index (κ1) is 12.5.